The Morgan fingerprint density at radius 2 is 1.64 bits per heavy atom. The molecule has 0 aliphatic carbocycles. The summed E-state index contributed by atoms with van der Waals surface area (Å²) in [7, 11) is 1.62. The van der Waals surface area contributed by atoms with Gasteiger partial charge in [0.25, 0.3) is 0 Å². The van der Waals surface area contributed by atoms with Crippen LogP contribution in [-0.2, 0) is 11.2 Å². The van der Waals surface area contributed by atoms with Crippen molar-refractivity contribution >= 4 is 45.7 Å². The fraction of sp³-hybridized carbons (Fsp3) is 0.286. The van der Waals surface area contributed by atoms with Crippen LogP contribution in [0.3, 0.4) is 0 Å². The van der Waals surface area contributed by atoms with Crippen LogP contribution in [0.25, 0.3) is 21.1 Å². The molecule has 0 bridgehead atoms. The van der Waals surface area contributed by atoms with E-state index in [1.807, 2.05) is 30.5 Å². The normalized spacial score (nSPS) is 10.3. The molecule has 9 nitrogen and oxygen atoms in total. The number of hydrogen-bond donors (Lipinski definition) is 0. The first-order chi connectivity index (χ1) is 16.1. The van der Waals surface area contributed by atoms with Crippen LogP contribution < -0.4 is 4.90 Å². The highest BCUT2D eigenvalue weighted by molar-refractivity contribution is 7.98. The molecular weight excluding hydrogens is 478 g/mol. The minimum atomic E-state index is -0.423. The van der Waals surface area contributed by atoms with Crippen molar-refractivity contribution in [3.8, 4) is 21.1 Å². The lowest BCUT2D eigenvalue weighted by molar-refractivity contribution is 0.162. The number of hydrogen-bond acceptors (Lipinski definition) is 11. The van der Waals surface area contributed by atoms with Crippen LogP contribution in [0.5, 0.6) is 0 Å². The van der Waals surface area contributed by atoms with Crippen LogP contribution in [0.2, 0.25) is 0 Å². The Bertz CT molecular complexity index is 1120. The van der Waals surface area contributed by atoms with E-state index in [0.29, 0.717) is 11.7 Å². The van der Waals surface area contributed by atoms with E-state index in [-0.39, 0.29) is 0 Å². The van der Waals surface area contributed by atoms with Gasteiger partial charge in [-0.2, -0.15) is 11.8 Å². The van der Waals surface area contributed by atoms with E-state index in [2.05, 4.69) is 37.3 Å². The van der Waals surface area contributed by atoms with Crippen molar-refractivity contribution in [1.29, 1.82) is 0 Å². The van der Waals surface area contributed by atoms with E-state index in [0.717, 1.165) is 38.3 Å². The minimum absolute atomic E-state index is 0.388. The molecule has 0 aromatic carbocycles. The molecule has 0 atom stereocenters. The molecule has 0 aliphatic heterocycles. The van der Waals surface area contributed by atoms with E-state index in [1.165, 1.54) is 16.2 Å². The van der Waals surface area contributed by atoms with E-state index >= 15 is 0 Å². The number of anilines is 1. The first kappa shape index (κ1) is 24.7. The van der Waals surface area contributed by atoms with Gasteiger partial charge in [-0.1, -0.05) is 29.6 Å². The average molecular weight is 502 g/mol. The van der Waals surface area contributed by atoms with Gasteiger partial charge in [-0.15, -0.1) is 20.4 Å². The van der Waals surface area contributed by atoms with Crippen molar-refractivity contribution in [2.24, 2.45) is 0 Å². The highest BCUT2D eigenvalue weighted by atomic mass is 32.2. The highest BCUT2D eigenvalue weighted by Gasteiger charge is 2.17. The first-order valence-electron chi connectivity index (χ1n) is 9.98. The zero-order chi connectivity index (χ0) is 23.5. The maximum atomic E-state index is 11.8. The second kappa shape index (κ2) is 12.9. The molecule has 12 heteroatoms. The van der Waals surface area contributed by atoms with Crippen LogP contribution in [0, 0.1) is 0 Å². The summed E-state index contributed by atoms with van der Waals surface area (Å²) in [6.45, 7) is 2.46. The van der Waals surface area contributed by atoms with Gasteiger partial charge in [0.2, 0.25) is 5.13 Å². The van der Waals surface area contributed by atoms with Crippen molar-refractivity contribution in [3.63, 3.8) is 0 Å². The number of nitrogens with zero attached hydrogens (tertiary/aromatic N) is 7. The molecule has 0 saturated heterocycles. The Morgan fingerprint density at radius 1 is 1.00 bits per heavy atom. The van der Waals surface area contributed by atoms with Gasteiger partial charge in [-0.05, 0) is 36.9 Å². The number of amides is 1. The molecule has 0 N–H and O–H groups in total. The van der Waals surface area contributed by atoms with Crippen molar-refractivity contribution in [3.05, 3.63) is 54.1 Å². The predicted octanol–water partition coefficient (Wildman–Crippen LogP) is 4.70. The summed E-state index contributed by atoms with van der Waals surface area (Å²) in [4.78, 5) is 21.2. The third-order valence-corrected chi connectivity index (χ3v) is 6.81. The van der Waals surface area contributed by atoms with E-state index in [9.17, 15) is 4.79 Å². The van der Waals surface area contributed by atoms with Crippen molar-refractivity contribution in [1.82, 2.24) is 30.4 Å². The number of pyridine rings is 2. The topological polar surface area (TPSA) is 107 Å². The van der Waals surface area contributed by atoms with E-state index in [4.69, 9.17) is 4.74 Å². The lowest BCUT2D eigenvalue weighted by atomic mass is 10.3. The number of ether oxygens (including phenoxy) is 1. The van der Waals surface area contributed by atoms with Gasteiger partial charge >= 0.3 is 6.09 Å². The van der Waals surface area contributed by atoms with Gasteiger partial charge in [-0.25, -0.2) is 4.79 Å². The fourth-order valence-electron chi connectivity index (χ4n) is 2.35. The van der Waals surface area contributed by atoms with Crippen molar-refractivity contribution in [2.45, 2.75) is 13.3 Å². The lowest BCUT2D eigenvalue weighted by Gasteiger charge is -2.12. The third kappa shape index (κ3) is 7.27. The van der Waals surface area contributed by atoms with Gasteiger partial charge in [0.1, 0.15) is 16.6 Å². The lowest BCUT2D eigenvalue weighted by Crippen LogP contribution is -2.27. The largest absolute Gasteiger partial charge is 0.448 e. The summed E-state index contributed by atoms with van der Waals surface area (Å²) in [5, 5.41) is 19.4. The Kier molecular flexibility index (Phi) is 9.66. The Morgan fingerprint density at radius 3 is 2.18 bits per heavy atom. The second-order valence-electron chi connectivity index (χ2n) is 6.39. The van der Waals surface area contributed by atoms with Gasteiger partial charge < -0.3 is 4.74 Å². The Balaban J connectivity index is 0.000000203. The van der Waals surface area contributed by atoms with Gasteiger partial charge in [0.15, 0.2) is 5.01 Å². The summed E-state index contributed by atoms with van der Waals surface area (Å²) in [6, 6.07) is 7.63. The number of carbonyl (C=O) groups excluding carboxylic acids is 1. The van der Waals surface area contributed by atoms with E-state index < -0.39 is 6.09 Å². The van der Waals surface area contributed by atoms with Gasteiger partial charge in [0, 0.05) is 48.7 Å². The molecule has 172 valence electrons. The maximum absolute atomic E-state index is 11.8. The summed E-state index contributed by atoms with van der Waals surface area (Å²) in [5.41, 5.74) is 1.92. The van der Waals surface area contributed by atoms with Crippen LogP contribution in [0.15, 0.2) is 49.1 Å². The van der Waals surface area contributed by atoms with E-state index in [1.54, 1.807) is 54.9 Å². The summed E-state index contributed by atoms with van der Waals surface area (Å²) < 4.78 is 5.11. The van der Waals surface area contributed by atoms with Gasteiger partial charge in [-0.3, -0.25) is 14.9 Å². The van der Waals surface area contributed by atoms with Crippen LogP contribution in [0.4, 0.5) is 9.93 Å². The predicted molar refractivity (Wildman–Crippen MR) is 134 cm³/mol. The number of aryl methyl sites for hydroxylation is 1. The molecule has 0 unspecified atom stereocenters. The van der Waals surface area contributed by atoms with Crippen molar-refractivity contribution in [2.75, 3.05) is 30.6 Å². The molecule has 0 radical (unpaired) electrons. The first-order valence-corrected chi connectivity index (χ1v) is 13.0. The Labute approximate surface area is 204 Å². The fourth-order valence-corrected chi connectivity index (χ4v) is 4.15. The molecule has 0 spiro atoms. The maximum Gasteiger partial charge on any atom is 0.415 e. The molecule has 0 fully saturated rings. The zero-order valence-electron chi connectivity index (χ0n) is 18.4. The molecular formula is C21H23N7O2S3. The molecule has 4 heterocycles. The molecule has 0 aliphatic rings. The average Bonchev–Trinajstić information content (AvgIpc) is 3.55. The monoisotopic (exact) mass is 501 g/mol. The smallest absolute Gasteiger partial charge is 0.415 e. The van der Waals surface area contributed by atoms with Crippen LogP contribution in [0.1, 0.15) is 11.9 Å². The molecule has 4 aromatic rings. The SMILES string of the molecule is CCc1nnc(-c2cccnc2)s1.CSCCOC(=O)N(C)c1nnc(-c2cccnc2)s1. The molecule has 4 aromatic heterocycles. The highest BCUT2D eigenvalue weighted by Crippen LogP contribution is 2.27. The summed E-state index contributed by atoms with van der Waals surface area (Å²) >= 11 is 4.57. The standard InChI is InChI=1S/C12H14N4O2S2.C9H9N3S/c1-16(12(17)18-6-7-19-2)11-15-14-10(20-11)9-4-3-5-13-8-9;1-2-8-11-12-9(13-8)7-4-3-5-10-6-7/h3-5,8H,6-7H2,1-2H3;3-6H,2H2,1H3. The number of rotatable bonds is 7. The molecule has 0 saturated carbocycles. The molecule has 1 amide bonds. The quantitative estimate of drug-likeness (QED) is 0.333. The summed E-state index contributed by atoms with van der Waals surface area (Å²) in [5.74, 6) is 0.774. The van der Waals surface area contributed by atoms with Crippen LogP contribution in [-0.4, -0.2) is 62.1 Å². The number of carbonyl (C=O) groups is 1. The second-order valence-corrected chi connectivity index (χ2v) is 9.40. The Hall–Kier alpha value is -2.96. The third-order valence-electron chi connectivity index (χ3n) is 4.07. The van der Waals surface area contributed by atoms with Gasteiger partial charge in [0.05, 0.1) is 0 Å². The molecule has 4 rings (SSSR count). The number of aromatic nitrogens is 6. The zero-order valence-corrected chi connectivity index (χ0v) is 20.9. The molecule has 33 heavy (non-hydrogen) atoms. The minimum Gasteiger partial charge on any atom is -0.448 e. The summed E-state index contributed by atoms with van der Waals surface area (Å²) in [6.07, 6.45) is 9.45. The van der Waals surface area contributed by atoms with Crippen LogP contribution >= 0.6 is 34.4 Å². The number of thioether (sulfide) groups is 1. The van der Waals surface area contributed by atoms with Crippen molar-refractivity contribution < 1.29 is 9.53 Å².